The second kappa shape index (κ2) is 18.8. The van der Waals surface area contributed by atoms with Crippen molar-refractivity contribution in [3.05, 3.63) is 290 Å². The van der Waals surface area contributed by atoms with Crippen molar-refractivity contribution in [2.75, 3.05) is 14.7 Å². The van der Waals surface area contributed by atoms with Gasteiger partial charge in [-0.25, -0.2) is 0 Å². The molecule has 0 aromatic heterocycles. The van der Waals surface area contributed by atoms with Crippen LogP contribution in [0.15, 0.2) is 273 Å². The van der Waals surface area contributed by atoms with E-state index in [4.69, 9.17) is 0 Å². The number of fused-ring (bicyclic) bond motifs is 15. The maximum Gasteiger partial charge on any atom is 0.248 e. The number of benzene rings is 11. The Morgan fingerprint density at radius 1 is 0.321 bits per heavy atom. The first-order valence-electron chi connectivity index (χ1n) is 28.8. The number of anilines is 8. The van der Waals surface area contributed by atoms with Crippen molar-refractivity contribution >= 4 is 109 Å². The van der Waals surface area contributed by atoms with Crippen LogP contribution < -0.4 is 58.4 Å². The smallest absolute Gasteiger partial charge is 0.248 e. The van der Waals surface area contributed by atoms with Crippen LogP contribution in [0.25, 0.3) is 33.4 Å². The summed E-state index contributed by atoms with van der Waals surface area (Å²) in [5, 5.41) is 0. The number of nitrogens with zero attached hydrogens (tertiary/aromatic N) is 3. The number of aryl methyl sites for hydroxylation is 3. The Labute approximate surface area is 477 Å². The summed E-state index contributed by atoms with van der Waals surface area (Å²) in [6, 6.07) is 91.2. The molecule has 11 aromatic carbocycles. The third-order valence-electron chi connectivity index (χ3n) is 18.3. The summed E-state index contributed by atoms with van der Waals surface area (Å²) < 4.78 is 0. The van der Waals surface area contributed by atoms with Crippen LogP contribution in [0.2, 0.25) is 5.82 Å². The van der Waals surface area contributed by atoms with Crippen molar-refractivity contribution < 1.29 is 0 Å². The SMILES string of the molecule is Cc1cc2c3c(c1)N(c1ccccc1)c1ccccc1B3c1ccccc1-2.Cc1ccc2c3c1N(c1ccccc1)[C@@H]1C=CC=CC1B3c1ccccc1-2.Cc1ccccc1N1c2ccccc2B2c3ccccc3-c3cccc1c32. The maximum absolute atomic E-state index is 2.57. The lowest BCUT2D eigenvalue weighted by Crippen LogP contribution is -2.56. The van der Waals surface area contributed by atoms with Crippen molar-refractivity contribution in [1.82, 2.24) is 0 Å². The van der Waals surface area contributed by atoms with Gasteiger partial charge in [-0.05, 0) is 159 Å². The van der Waals surface area contributed by atoms with Crippen molar-refractivity contribution in [2.24, 2.45) is 0 Å². The average molecular weight is 1030 g/mol. The van der Waals surface area contributed by atoms with Gasteiger partial charge in [0.05, 0.1) is 6.04 Å². The monoisotopic (exact) mass is 1030 g/mol. The number of para-hydroxylation sites is 5. The van der Waals surface area contributed by atoms with Crippen LogP contribution in [0, 0.1) is 20.8 Å². The van der Waals surface area contributed by atoms with Gasteiger partial charge in [0.2, 0.25) is 20.1 Å². The molecule has 0 saturated carbocycles. The number of hydrogen-bond donors (Lipinski definition) is 0. The second-order valence-electron chi connectivity index (χ2n) is 22.7. The zero-order valence-electron chi connectivity index (χ0n) is 45.7. The van der Waals surface area contributed by atoms with Crippen LogP contribution in [0.4, 0.5) is 45.5 Å². The van der Waals surface area contributed by atoms with Crippen LogP contribution >= 0.6 is 0 Å². The molecule has 0 fully saturated rings. The molecule has 0 radical (unpaired) electrons. The highest BCUT2D eigenvalue weighted by Crippen LogP contribution is 2.47. The van der Waals surface area contributed by atoms with Crippen molar-refractivity contribution in [3.63, 3.8) is 0 Å². The molecule has 6 heteroatoms. The first kappa shape index (κ1) is 47.5. The molecule has 2 atom stereocenters. The lowest BCUT2D eigenvalue weighted by Gasteiger charge is -2.45. The molecular weight excluding hydrogens is 975 g/mol. The molecule has 3 nitrogen and oxygen atoms in total. The van der Waals surface area contributed by atoms with Crippen molar-refractivity contribution in [3.8, 4) is 33.4 Å². The van der Waals surface area contributed by atoms with Crippen LogP contribution in [-0.2, 0) is 0 Å². The summed E-state index contributed by atoms with van der Waals surface area (Å²) in [5.41, 5.74) is 34.2. The van der Waals surface area contributed by atoms with Crippen LogP contribution in [0.5, 0.6) is 0 Å². The van der Waals surface area contributed by atoms with E-state index in [1.165, 1.54) is 139 Å². The predicted molar refractivity (Wildman–Crippen MR) is 348 cm³/mol. The van der Waals surface area contributed by atoms with Gasteiger partial charge in [-0.1, -0.05) is 235 Å². The maximum atomic E-state index is 2.57. The van der Waals surface area contributed by atoms with E-state index in [9.17, 15) is 0 Å². The fourth-order valence-electron chi connectivity index (χ4n) is 15.2. The van der Waals surface area contributed by atoms with Gasteiger partial charge in [0, 0.05) is 45.5 Å². The molecule has 1 unspecified atom stereocenters. The van der Waals surface area contributed by atoms with Gasteiger partial charge in [-0.2, -0.15) is 0 Å². The molecule has 0 bridgehead atoms. The summed E-state index contributed by atoms with van der Waals surface area (Å²) in [5.74, 6) is 0.451. The van der Waals surface area contributed by atoms with E-state index in [0.29, 0.717) is 32.0 Å². The molecule has 6 heterocycles. The molecular formula is C75H56B3N3. The van der Waals surface area contributed by atoms with E-state index in [1.807, 2.05) is 0 Å². The first-order chi connectivity index (χ1) is 40.0. The Morgan fingerprint density at radius 2 is 0.815 bits per heavy atom. The zero-order chi connectivity index (χ0) is 53.9. The Morgan fingerprint density at radius 3 is 1.49 bits per heavy atom. The van der Waals surface area contributed by atoms with E-state index in [1.54, 1.807) is 0 Å². The van der Waals surface area contributed by atoms with Gasteiger partial charge in [-0.15, -0.1) is 0 Å². The van der Waals surface area contributed by atoms with Gasteiger partial charge in [0.25, 0.3) is 0 Å². The Kier molecular flexibility index (Phi) is 11.0. The molecule has 18 rings (SSSR count). The third kappa shape index (κ3) is 7.19. The Hall–Kier alpha value is -9.51. The predicted octanol–water partition coefficient (Wildman–Crippen LogP) is 13.2. The zero-order valence-corrected chi connectivity index (χ0v) is 45.7. The minimum Gasteiger partial charge on any atom is -0.335 e. The molecule has 11 aromatic rings. The van der Waals surface area contributed by atoms with E-state index in [2.05, 4.69) is 308 Å². The van der Waals surface area contributed by atoms with Crippen LogP contribution in [-0.4, -0.2) is 26.2 Å². The molecule has 0 amide bonds. The molecule has 6 aliphatic heterocycles. The molecule has 7 aliphatic rings. The van der Waals surface area contributed by atoms with E-state index in [-0.39, 0.29) is 0 Å². The lowest BCUT2D eigenvalue weighted by molar-refractivity contribution is 0.765. The van der Waals surface area contributed by atoms with Crippen LogP contribution in [0.1, 0.15) is 16.7 Å². The molecule has 1 aliphatic carbocycles. The van der Waals surface area contributed by atoms with Gasteiger partial charge in [0.1, 0.15) is 0 Å². The largest absolute Gasteiger partial charge is 0.335 e. The summed E-state index contributed by atoms with van der Waals surface area (Å²) in [7, 11) is 0. The number of hydrogen-bond acceptors (Lipinski definition) is 3. The topological polar surface area (TPSA) is 9.72 Å². The quantitative estimate of drug-likeness (QED) is 0.163. The minimum absolute atomic E-state index is 0.322. The van der Waals surface area contributed by atoms with Gasteiger partial charge in [0.15, 0.2) is 0 Å². The van der Waals surface area contributed by atoms with E-state index in [0.717, 1.165) is 0 Å². The summed E-state index contributed by atoms with van der Waals surface area (Å²) >= 11 is 0. The first-order valence-corrected chi connectivity index (χ1v) is 28.8. The standard InChI is InChI=1S/2C25H18BN.C25H20BN/c1-17-9-2-6-14-22(17)27-23-15-7-5-13-21(23)26-20-12-4-3-10-18(20)19-11-8-16-24(27)25(19)26;1-17-15-20-19-11-5-6-12-21(19)26-22-13-7-8-14-23(22)27(24(16-17)25(20)26)18-9-3-2-4-10-18;1-17-15-16-20-19-11-5-6-12-21(19)26-22-13-7-8-14-23(22)27(25(17)24(20)26)18-9-3-2-4-10-18/h2*2-16H,1H3;2-16,22-23H,1H3/t;;22?,23-/m..1/s1. The van der Waals surface area contributed by atoms with E-state index >= 15 is 0 Å². The molecule has 380 valence electrons. The highest BCUT2D eigenvalue weighted by atomic mass is 15.2. The van der Waals surface area contributed by atoms with Gasteiger partial charge < -0.3 is 14.7 Å². The molecule has 0 N–H and O–H groups in total. The molecule has 0 spiro atoms. The molecule has 81 heavy (non-hydrogen) atoms. The third-order valence-corrected chi connectivity index (χ3v) is 18.3. The Balaban J connectivity index is 0.000000100. The van der Waals surface area contributed by atoms with Gasteiger partial charge >= 0.3 is 0 Å². The highest BCUT2D eigenvalue weighted by molar-refractivity contribution is 7.02. The fourth-order valence-corrected chi connectivity index (χ4v) is 15.2. The van der Waals surface area contributed by atoms with Gasteiger partial charge in [-0.3, -0.25) is 0 Å². The second-order valence-corrected chi connectivity index (χ2v) is 22.7. The van der Waals surface area contributed by atoms with Crippen LogP contribution in [0.3, 0.4) is 0 Å². The highest BCUT2D eigenvalue weighted by Gasteiger charge is 2.49. The summed E-state index contributed by atoms with van der Waals surface area (Å²) in [6.45, 7) is 7.75. The lowest BCUT2D eigenvalue weighted by atomic mass is 9.32. The molecule has 0 saturated heterocycles. The van der Waals surface area contributed by atoms with E-state index < -0.39 is 0 Å². The average Bonchev–Trinajstić information content (AvgIpc) is 4.39. The number of allylic oxidation sites excluding steroid dienone is 2. The Bertz CT molecular complexity index is 4410. The van der Waals surface area contributed by atoms with Crippen molar-refractivity contribution in [2.45, 2.75) is 32.6 Å². The normalized spacial score (nSPS) is 15.8. The summed E-state index contributed by atoms with van der Waals surface area (Å²) in [4.78, 5) is 7.46. The minimum atomic E-state index is 0.322. The number of rotatable bonds is 3. The fraction of sp³-hybridized carbons (Fsp3) is 0.0667. The summed E-state index contributed by atoms with van der Waals surface area (Å²) in [6.07, 6.45) is 9.24. The van der Waals surface area contributed by atoms with Crippen molar-refractivity contribution in [1.29, 1.82) is 0 Å².